The van der Waals surface area contributed by atoms with Crippen LogP contribution in [-0.4, -0.2) is 42.9 Å². The van der Waals surface area contributed by atoms with E-state index in [9.17, 15) is 13.0 Å². The Kier molecular flexibility index (Phi) is 5.69. The average Bonchev–Trinajstić information content (AvgIpc) is 2.80. The minimum absolute atomic E-state index is 0.0529. The van der Waals surface area contributed by atoms with Gasteiger partial charge in [0.1, 0.15) is 30.2 Å². The lowest BCUT2D eigenvalue weighted by atomic mass is 10.1. The number of rotatable bonds is 6. The second-order valence-corrected chi connectivity index (χ2v) is 7.46. The maximum atomic E-state index is 12.7. The van der Waals surface area contributed by atoms with Crippen LogP contribution >= 0.6 is 0 Å². The molecule has 0 atom stereocenters. The molecule has 0 fully saturated rings. The van der Waals surface area contributed by atoms with E-state index in [0.29, 0.717) is 5.56 Å². The molecular weight excluding hydrogens is 418 g/mol. The summed E-state index contributed by atoms with van der Waals surface area (Å²) in [6, 6.07) is 16.9. The van der Waals surface area contributed by atoms with E-state index in [-0.39, 0.29) is 28.1 Å². The number of anilines is 2. The van der Waals surface area contributed by atoms with Crippen molar-refractivity contribution in [1.82, 2.24) is 29.9 Å². The molecule has 0 aliphatic carbocycles. The summed E-state index contributed by atoms with van der Waals surface area (Å²) < 4.78 is 35.6. The Hall–Kier alpha value is -4.09. The van der Waals surface area contributed by atoms with Crippen molar-refractivity contribution >= 4 is 32.6 Å². The molecule has 4 aromatic rings. The zero-order valence-corrected chi connectivity index (χ0v) is 16.7. The Morgan fingerprint density at radius 3 is 1.52 bits per heavy atom. The summed E-state index contributed by atoms with van der Waals surface area (Å²) in [6.45, 7) is 0. The van der Waals surface area contributed by atoms with Gasteiger partial charge in [-0.2, -0.15) is 8.42 Å². The molecule has 0 aliphatic heterocycles. The summed E-state index contributed by atoms with van der Waals surface area (Å²) in [5, 5.41) is 0. The van der Waals surface area contributed by atoms with Gasteiger partial charge in [0.2, 0.25) is 11.9 Å². The highest BCUT2D eigenvalue weighted by atomic mass is 32.2. The van der Waals surface area contributed by atoms with E-state index in [1.807, 2.05) is 0 Å². The van der Waals surface area contributed by atoms with Crippen molar-refractivity contribution in [3.63, 3.8) is 0 Å². The zero-order chi connectivity index (χ0) is 21.7. The summed E-state index contributed by atoms with van der Waals surface area (Å²) in [5.41, 5.74) is 0.781. The summed E-state index contributed by atoms with van der Waals surface area (Å²) in [5.74, 6) is 0.106. The van der Waals surface area contributed by atoms with Gasteiger partial charge in [0.25, 0.3) is 10.1 Å². The van der Waals surface area contributed by atoms with Gasteiger partial charge in [-0.1, -0.05) is 60.7 Å². The van der Waals surface area contributed by atoms with Gasteiger partial charge >= 0.3 is 0 Å². The van der Waals surface area contributed by atoms with Gasteiger partial charge in [0, 0.05) is 5.56 Å². The molecule has 2 heterocycles. The molecule has 0 spiro atoms. The first-order valence-corrected chi connectivity index (χ1v) is 10.4. The fourth-order valence-electron chi connectivity index (χ4n) is 2.94. The van der Waals surface area contributed by atoms with Gasteiger partial charge in [-0.15, -0.1) is 0 Å². The summed E-state index contributed by atoms with van der Waals surface area (Å²) >= 11 is 0. The van der Waals surface area contributed by atoms with Crippen molar-refractivity contribution in [2.24, 2.45) is 0 Å². The van der Waals surface area contributed by atoms with Crippen LogP contribution in [-0.2, 0) is 10.1 Å². The van der Waals surface area contributed by atoms with Gasteiger partial charge in [0.15, 0.2) is 0 Å². The Balaban J connectivity index is 2.15. The van der Waals surface area contributed by atoms with E-state index in [1.54, 1.807) is 60.7 Å². The molecule has 4 rings (SSSR count). The number of hydrogen-bond acceptors (Lipinski definition) is 9. The molecule has 31 heavy (non-hydrogen) atoms. The Morgan fingerprint density at radius 1 is 0.677 bits per heavy atom. The van der Waals surface area contributed by atoms with Crippen LogP contribution in [0.5, 0.6) is 0 Å². The molecule has 0 unspecified atom stereocenters. The SMILES string of the molecule is O=S(=O)(O)C(=C(c1ccccc1)N(c1ncncn1)c1ncncn1)c1ccccc1. The first kappa shape index (κ1) is 20.2. The third kappa shape index (κ3) is 4.42. The topological polar surface area (TPSA) is 135 Å². The largest absolute Gasteiger partial charge is 0.297 e. The first-order chi connectivity index (χ1) is 15.1. The molecule has 0 bridgehead atoms. The quantitative estimate of drug-likeness (QED) is 0.357. The lowest BCUT2D eigenvalue weighted by Gasteiger charge is -2.25. The van der Waals surface area contributed by atoms with Crippen LogP contribution < -0.4 is 4.90 Å². The number of aromatic nitrogens is 6. The molecule has 0 aliphatic rings. The molecule has 0 amide bonds. The van der Waals surface area contributed by atoms with E-state index in [2.05, 4.69) is 29.9 Å². The maximum Gasteiger partial charge on any atom is 0.297 e. The van der Waals surface area contributed by atoms with E-state index >= 15 is 0 Å². The molecule has 0 saturated heterocycles. The average molecular weight is 433 g/mol. The molecule has 2 aromatic heterocycles. The standard InChI is InChI=1S/C20H15N7O3S/c28-31(29,30)18(16-9-5-2-6-10-16)17(15-7-3-1-4-8-15)27(19-23-11-21-12-24-19)20-25-13-22-14-26-20/h1-14H,(H,28,29,30). The number of nitrogens with zero attached hydrogens (tertiary/aromatic N) is 7. The summed E-state index contributed by atoms with van der Waals surface area (Å²) in [4.78, 5) is 25.2. The van der Waals surface area contributed by atoms with Crippen molar-refractivity contribution in [2.45, 2.75) is 0 Å². The monoisotopic (exact) mass is 433 g/mol. The van der Waals surface area contributed by atoms with Crippen LogP contribution in [0.15, 0.2) is 86.0 Å². The first-order valence-electron chi connectivity index (χ1n) is 8.92. The molecule has 0 radical (unpaired) electrons. The van der Waals surface area contributed by atoms with E-state index in [4.69, 9.17) is 0 Å². The minimum Gasteiger partial charge on any atom is -0.282 e. The Morgan fingerprint density at radius 2 is 1.10 bits per heavy atom. The van der Waals surface area contributed by atoms with Crippen LogP contribution in [0.25, 0.3) is 10.6 Å². The molecule has 11 heteroatoms. The smallest absolute Gasteiger partial charge is 0.282 e. The summed E-state index contributed by atoms with van der Waals surface area (Å²) in [6.07, 6.45) is 5.03. The highest BCUT2D eigenvalue weighted by molar-refractivity contribution is 7.95. The Labute approximate surface area is 177 Å². The third-order valence-electron chi connectivity index (χ3n) is 4.14. The van der Waals surface area contributed by atoms with E-state index < -0.39 is 10.1 Å². The van der Waals surface area contributed by atoms with Gasteiger partial charge in [-0.05, 0) is 5.56 Å². The summed E-state index contributed by atoms with van der Waals surface area (Å²) in [7, 11) is -4.73. The second kappa shape index (κ2) is 8.73. The second-order valence-electron chi connectivity index (χ2n) is 6.10. The van der Waals surface area contributed by atoms with Crippen molar-refractivity contribution in [1.29, 1.82) is 0 Å². The predicted octanol–water partition coefficient (Wildman–Crippen LogP) is 2.61. The molecular formula is C20H15N7O3S. The molecule has 154 valence electrons. The minimum atomic E-state index is -4.73. The maximum absolute atomic E-state index is 12.7. The highest BCUT2D eigenvalue weighted by Gasteiger charge is 2.31. The van der Waals surface area contributed by atoms with Crippen LogP contribution in [0, 0.1) is 0 Å². The van der Waals surface area contributed by atoms with Gasteiger partial charge in [-0.3, -0.25) is 4.55 Å². The van der Waals surface area contributed by atoms with Crippen molar-refractivity contribution in [2.75, 3.05) is 4.90 Å². The lowest BCUT2D eigenvalue weighted by molar-refractivity contribution is 0.496. The molecule has 2 aromatic carbocycles. The molecule has 10 nitrogen and oxygen atoms in total. The number of benzene rings is 2. The van der Waals surface area contributed by atoms with E-state index in [0.717, 1.165) is 0 Å². The lowest BCUT2D eigenvalue weighted by Crippen LogP contribution is -2.23. The van der Waals surface area contributed by atoms with Gasteiger partial charge in [0.05, 0.1) is 5.70 Å². The highest BCUT2D eigenvalue weighted by Crippen LogP contribution is 2.37. The molecule has 1 N–H and O–H groups in total. The third-order valence-corrected chi connectivity index (χ3v) is 5.08. The van der Waals surface area contributed by atoms with E-state index in [1.165, 1.54) is 30.2 Å². The zero-order valence-electron chi connectivity index (χ0n) is 15.9. The fraction of sp³-hybridized carbons (Fsp3) is 0. The van der Waals surface area contributed by atoms with Crippen LogP contribution in [0.1, 0.15) is 11.1 Å². The van der Waals surface area contributed by atoms with Gasteiger partial charge in [-0.25, -0.2) is 34.8 Å². The molecule has 0 saturated carbocycles. The van der Waals surface area contributed by atoms with Crippen molar-refractivity contribution < 1.29 is 13.0 Å². The fourth-order valence-corrected chi connectivity index (χ4v) is 3.83. The van der Waals surface area contributed by atoms with Crippen LogP contribution in [0.2, 0.25) is 0 Å². The predicted molar refractivity (Wildman–Crippen MR) is 113 cm³/mol. The Bertz CT molecular complexity index is 1250. The van der Waals surface area contributed by atoms with Crippen molar-refractivity contribution in [3.8, 4) is 0 Å². The van der Waals surface area contributed by atoms with Crippen LogP contribution in [0.4, 0.5) is 11.9 Å². The van der Waals surface area contributed by atoms with Gasteiger partial charge < -0.3 is 0 Å². The number of hydrogen-bond donors (Lipinski definition) is 1. The normalized spacial score (nSPS) is 12.2. The van der Waals surface area contributed by atoms with Crippen LogP contribution in [0.3, 0.4) is 0 Å². The van der Waals surface area contributed by atoms with Crippen molar-refractivity contribution in [3.05, 3.63) is 97.1 Å².